The van der Waals surface area contributed by atoms with Crippen LogP contribution in [0.1, 0.15) is 0 Å². The Hall–Kier alpha value is -2.16. The summed E-state index contributed by atoms with van der Waals surface area (Å²) in [5, 5.41) is 1.09. The zero-order chi connectivity index (χ0) is 11.8. The summed E-state index contributed by atoms with van der Waals surface area (Å²) in [6.45, 7) is 0. The van der Waals surface area contributed by atoms with Crippen LogP contribution in [0.2, 0.25) is 0 Å². The zero-order valence-corrected chi connectivity index (χ0v) is 8.87. The SMILES string of the molecule is Fc1ccc(-c2ccc3cc[nH]c3c2)cc1F. The molecular formula is C14H9F2N. The summed E-state index contributed by atoms with van der Waals surface area (Å²) in [6, 6.07) is 11.6. The van der Waals surface area contributed by atoms with Crippen molar-refractivity contribution in [3.63, 3.8) is 0 Å². The van der Waals surface area contributed by atoms with Gasteiger partial charge in [-0.15, -0.1) is 0 Å². The normalized spacial score (nSPS) is 10.9. The molecule has 17 heavy (non-hydrogen) atoms. The van der Waals surface area contributed by atoms with E-state index in [1.54, 1.807) is 6.07 Å². The number of hydrogen-bond donors (Lipinski definition) is 1. The third-order valence-corrected chi connectivity index (χ3v) is 2.81. The van der Waals surface area contributed by atoms with E-state index >= 15 is 0 Å². The van der Waals surface area contributed by atoms with Crippen molar-refractivity contribution in [2.45, 2.75) is 0 Å². The maximum atomic E-state index is 13.1. The minimum Gasteiger partial charge on any atom is -0.361 e. The van der Waals surface area contributed by atoms with E-state index in [9.17, 15) is 8.78 Å². The average molecular weight is 229 g/mol. The van der Waals surface area contributed by atoms with E-state index in [0.29, 0.717) is 5.56 Å². The molecule has 0 bridgehead atoms. The molecule has 0 unspecified atom stereocenters. The van der Waals surface area contributed by atoms with Gasteiger partial charge in [0.2, 0.25) is 0 Å². The first kappa shape index (κ1) is 10.0. The highest BCUT2D eigenvalue weighted by molar-refractivity contribution is 5.84. The number of benzene rings is 2. The van der Waals surface area contributed by atoms with Crippen molar-refractivity contribution >= 4 is 10.9 Å². The summed E-state index contributed by atoms with van der Waals surface area (Å²) < 4.78 is 26.0. The summed E-state index contributed by atoms with van der Waals surface area (Å²) >= 11 is 0. The Kier molecular flexibility index (Phi) is 2.18. The molecule has 1 heterocycles. The Morgan fingerprint density at radius 1 is 0.765 bits per heavy atom. The van der Waals surface area contributed by atoms with Crippen LogP contribution < -0.4 is 0 Å². The fourth-order valence-corrected chi connectivity index (χ4v) is 1.90. The summed E-state index contributed by atoms with van der Waals surface area (Å²) in [7, 11) is 0. The number of fused-ring (bicyclic) bond motifs is 1. The van der Waals surface area contributed by atoms with E-state index in [1.165, 1.54) is 6.07 Å². The monoisotopic (exact) mass is 229 g/mol. The molecule has 3 rings (SSSR count). The van der Waals surface area contributed by atoms with Gasteiger partial charge in [0, 0.05) is 11.7 Å². The van der Waals surface area contributed by atoms with Crippen LogP contribution in [-0.4, -0.2) is 4.98 Å². The van der Waals surface area contributed by atoms with Crippen LogP contribution in [0.5, 0.6) is 0 Å². The predicted octanol–water partition coefficient (Wildman–Crippen LogP) is 4.11. The van der Waals surface area contributed by atoms with Gasteiger partial charge in [0.15, 0.2) is 11.6 Å². The van der Waals surface area contributed by atoms with Gasteiger partial charge < -0.3 is 4.98 Å². The van der Waals surface area contributed by atoms with Gasteiger partial charge in [0.05, 0.1) is 0 Å². The van der Waals surface area contributed by atoms with E-state index in [4.69, 9.17) is 0 Å². The minimum absolute atomic E-state index is 0.667. The smallest absolute Gasteiger partial charge is 0.159 e. The van der Waals surface area contributed by atoms with E-state index in [0.717, 1.165) is 22.5 Å². The van der Waals surface area contributed by atoms with E-state index in [2.05, 4.69) is 4.98 Å². The highest BCUT2D eigenvalue weighted by Crippen LogP contribution is 2.25. The molecule has 1 nitrogen and oxygen atoms in total. The fourth-order valence-electron chi connectivity index (χ4n) is 1.90. The molecule has 3 aromatic rings. The van der Waals surface area contributed by atoms with Crippen molar-refractivity contribution in [1.29, 1.82) is 0 Å². The van der Waals surface area contributed by atoms with Crippen molar-refractivity contribution in [2.24, 2.45) is 0 Å². The zero-order valence-electron chi connectivity index (χ0n) is 8.87. The lowest BCUT2D eigenvalue weighted by molar-refractivity contribution is 0.509. The second kappa shape index (κ2) is 3.70. The molecule has 0 fully saturated rings. The van der Waals surface area contributed by atoms with Crippen LogP contribution in [0.25, 0.3) is 22.0 Å². The van der Waals surface area contributed by atoms with Crippen LogP contribution >= 0.6 is 0 Å². The number of aromatic nitrogens is 1. The maximum Gasteiger partial charge on any atom is 0.159 e. The van der Waals surface area contributed by atoms with Crippen LogP contribution in [0.15, 0.2) is 48.7 Å². The fraction of sp³-hybridized carbons (Fsp3) is 0. The van der Waals surface area contributed by atoms with Crippen molar-refractivity contribution in [3.05, 3.63) is 60.3 Å². The first-order valence-electron chi connectivity index (χ1n) is 5.26. The Labute approximate surface area is 96.7 Å². The molecule has 1 aromatic heterocycles. The van der Waals surface area contributed by atoms with Gasteiger partial charge in [-0.2, -0.15) is 0 Å². The molecular weight excluding hydrogens is 220 g/mol. The van der Waals surface area contributed by atoms with E-state index in [-0.39, 0.29) is 0 Å². The number of nitrogens with one attached hydrogen (secondary N) is 1. The third kappa shape index (κ3) is 1.69. The average Bonchev–Trinajstić information content (AvgIpc) is 2.79. The van der Waals surface area contributed by atoms with Crippen LogP contribution in [0, 0.1) is 11.6 Å². The molecule has 0 aliphatic heterocycles. The second-order valence-corrected chi connectivity index (χ2v) is 3.91. The predicted molar refractivity (Wildman–Crippen MR) is 63.7 cm³/mol. The lowest BCUT2D eigenvalue weighted by Gasteiger charge is -2.02. The maximum absolute atomic E-state index is 13.1. The van der Waals surface area contributed by atoms with Crippen LogP contribution in [0.4, 0.5) is 8.78 Å². The van der Waals surface area contributed by atoms with Gasteiger partial charge in [0.1, 0.15) is 0 Å². The molecule has 2 aromatic carbocycles. The van der Waals surface area contributed by atoms with Gasteiger partial charge in [-0.3, -0.25) is 0 Å². The summed E-state index contributed by atoms with van der Waals surface area (Å²) in [5.74, 6) is -1.65. The number of H-pyrrole nitrogens is 1. The highest BCUT2D eigenvalue weighted by atomic mass is 19.2. The molecule has 0 spiro atoms. The molecule has 0 radical (unpaired) electrons. The van der Waals surface area contributed by atoms with E-state index < -0.39 is 11.6 Å². The molecule has 3 heteroatoms. The quantitative estimate of drug-likeness (QED) is 0.646. The molecule has 0 atom stereocenters. The van der Waals surface area contributed by atoms with E-state index in [1.807, 2.05) is 30.5 Å². The standard InChI is InChI=1S/C14H9F2N/c15-12-4-3-10(7-13(12)16)11-2-1-9-5-6-17-14(9)8-11/h1-8,17H. The molecule has 0 saturated heterocycles. The molecule has 0 amide bonds. The molecule has 0 aliphatic rings. The van der Waals surface area contributed by atoms with Crippen LogP contribution in [-0.2, 0) is 0 Å². The molecule has 1 N–H and O–H groups in total. The lowest BCUT2D eigenvalue weighted by Crippen LogP contribution is -1.85. The Morgan fingerprint density at radius 3 is 2.35 bits per heavy atom. The second-order valence-electron chi connectivity index (χ2n) is 3.91. The first-order chi connectivity index (χ1) is 8.24. The van der Waals surface area contributed by atoms with Crippen molar-refractivity contribution < 1.29 is 8.78 Å². The number of halogens is 2. The Balaban J connectivity index is 2.16. The van der Waals surface area contributed by atoms with Crippen molar-refractivity contribution in [3.8, 4) is 11.1 Å². The molecule has 0 saturated carbocycles. The Bertz CT molecular complexity index is 686. The summed E-state index contributed by atoms with van der Waals surface area (Å²) in [5.41, 5.74) is 2.51. The van der Waals surface area contributed by atoms with Gasteiger partial charge >= 0.3 is 0 Å². The van der Waals surface area contributed by atoms with Crippen molar-refractivity contribution in [1.82, 2.24) is 4.98 Å². The largest absolute Gasteiger partial charge is 0.361 e. The number of aromatic amines is 1. The lowest BCUT2D eigenvalue weighted by atomic mass is 10.0. The first-order valence-corrected chi connectivity index (χ1v) is 5.26. The Morgan fingerprint density at radius 2 is 1.53 bits per heavy atom. The summed E-state index contributed by atoms with van der Waals surface area (Å²) in [6.07, 6.45) is 1.85. The number of hydrogen-bond acceptors (Lipinski definition) is 0. The topological polar surface area (TPSA) is 15.8 Å². The minimum atomic E-state index is -0.825. The highest BCUT2D eigenvalue weighted by Gasteiger charge is 2.05. The van der Waals surface area contributed by atoms with Crippen molar-refractivity contribution in [2.75, 3.05) is 0 Å². The molecule has 0 aliphatic carbocycles. The number of rotatable bonds is 1. The van der Waals surface area contributed by atoms with Gasteiger partial charge in [0.25, 0.3) is 0 Å². The summed E-state index contributed by atoms with van der Waals surface area (Å²) in [4.78, 5) is 3.09. The van der Waals surface area contributed by atoms with Gasteiger partial charge in [-0.05, 0) is 40.8 Å². The van der Waals surface area contributed by atoms with Gasteiger partial charge in [-0.25, -0.2) is 8.78 Å². The van der Waals surface area contributed by atoms with Gasteiger partial charge in [-0.1, -0.05) is 18.2 Å². The molecule has 84 valence electrons. The third-order valence-electron chi connectivity index (χ3n) is 2.81. The van der Waals surface area contributed by atoms with Crippen LogP contribution in [0.3, 0.4) is 0 Å².